The fourth-order valence-corrected chi connectivity index (χ4v) is 6.30. The number of anilines is 1. The summed E-state index contributed by atoms with van der Waals surface area (Å²) in [6.07, 6.45) is 0.249. The Morgan fingerprint density at radius 1 is 0.911 bits per heavy atom. The van der Waals surface area contributed by atoms with Gasteiger partial charge in [-0.2, -0.15) is 4.31 Å². The number of nitrogens with zero attached hydrogens (tertiary/aromatic N) is 2. The number of esters is 1. The normalized spacial score (nSPS) is 11.9. The number of carbonyl (C=O) groups excluding carboxylic acids is 2. The number of para-hydroxylation sites is 2. The Morgan fingerprint density at radius 3 is 2.22 bits per heavy atom. The SMILES string of the molecule is CCN(CCOc1ccc(CC(Nc2ccccc2C(=O)c2ccccc2)C(=O)OC)cc1)S(=O)(=O)c1ccccc1[N+](=O)[O-]. The van der Waals surface area contributed by atoms with E-state index >= 15 is 0 Å². The average molecular weight is 632 g/mol. The van der Waals surface area contributed by atoms with Gasteiger partial charge in [-0.05, 0) is 35.9 Å². The van der Waals surface area contributed by atoms with Crippen LogP contribution in [0.4, 0.5) is 11.4 Å². The molecular formula is C33H33N3O8S. The molecule has 1 atom stereocenters. The number of nitrogens with one attached hydrogen (secondary N) is 1. The summed E-state index contributed by atoms with van der Waals surface area (Å²) in [5, 5.41) is 14.5. The second-order valence-electron chi connectivity index (χ2n) is 9.88. The van der Waals surface area contributed by atoms with Gasteiger partial charge >= 0.3 is 5.97 Å². The standard InChI is InChI=1S/C33H33N3O8S/c1-3-35(45(41,42)31-16-10-9-15-30(31)36(39)40)21-22-44-26-19-17-24(18-20-26)23-29(33(38)43-2)34-28-14-8-7-13-27(28)32(37)25-11-5-4-6-12-25/h4-20,29,34H,3,21-23H2,1-2H3. The number of hydrogen-bond acceptors (Lipinski definition) is 9. The monoisotopic (exact) mass is 631 g/mol. The molecule has 0 aromatic heterocycles. The van der Waals surface area contributed by atoms with Crippen molar-refractivity contribution in [3.05, 3.63) is 130 Å². The summed E-state index contributed by atoms with van der Waals surface area (Å²) in [5.41, 5.74) is 1.74. The van der Waals surface area contributed by atoms with E-state index < -0.39 is 32.6 Å². The number of carbonyl (C=O) groups is 2. The quantitative estimate of drug-likeness (QED) is 0.0819. The Hall–Kier alpha value is -5.07. The predicted octanol–water partition coefficient (Wildman–Crippen LogP) is 5.11. The predicted molar refractivity (Wildman–Crippen MR) is 169 cm³/mol. The van der Waals surface area contributed by atoms with Crippen LogP contribution in [0.25, 0.3) is 0 Å². The molecule has 0 fully saturated rings. The maximum Gasteiger partial charge on any atom is 0.328 e. The molecule has 1 N–H and O–H groups in total. The maximum absolute atomic E-state index is 13.2. The second-order valence-corrected chi connectivity index (χ2v) is 11.8. The number of hydrogen-bond donors (Lipinski definition) is 1. The van der Waals surface area contributed by atoms with Crippen LogP contribution in [-0.2, 0) is 26.0 Å². The number of nitro groups is 1. The van der Waals surface area contributed by atoms with E-state index in [2.05, 4.69) is 5.32 Å². The summed E-state index contributed by atoms with van der Waals surface area (Å²) in [4.78, 5) is 36.2. The number of ether oxygens (including phenoxy) is 2. The average Bonchev–Trinajstić information content (AvgIpc) is 3.07. The lowest BCUT2D eigenvalue weighted by Crippen LogP contribution is -2.34. The van der Waals surface area contributed by atoms with Gasteiger partial charge in [-0.15, -0.1) is 0 Å². The first-order valence-electron chi connectivity index (χ1n) is 14.1. The highest BCUT2D eigenvalue weighted by Crippen LogP contribution is 2.26. The van der Waals surface area contributed by atoms with Gasteiger partial charge in [-0.1, -0.05) is 73.7 Å². The molecule has 0 aliphatic rings. The van der Waals surface area contributed by atoms with E-state index in [4.69, 9.17) is 9.47 Å². The van der Waals surface area contributed by atoms with E-state index in [1.807, 2.05) is 6.07 Å². The topological polar surface area (TPSA) is 145 Å². The van der Waals surface area contributed by atoms with E-state index in [0.717, 1.165) is 15.9 Å². The fraction of sp³-hybridized carbons (Fsp3) is 0.212. The van der Waals surface area contributed by atoms with Gasteiger partial charge < -0.3 is 14.8 Å². The minimum Gasteiger partial charge on any atom is -0.492 e. The molecule has 12 heteroatoms. The molecule has 0 bridgehead atoms. The van der Waals surface area contributed by atoms with Crippen LogP contribution >= 0.6 is 0 Å². The first-order chi connectivity index (χ1) is 21.6. The number of ketones is 1. The molecule has 11 nitrogen and oxygen atoms in total. The summed E-state index contributed by atoms with van der Waals surface area (Å²) in [6.45, 7) is 1.72. The van der Waals surface area contributed by atoms with Crippen LogP contribution < -0.4 is 10.1 Å². The Labute approximate surface area is 261 Å². The first kappa shape index (κ1) is 32.8. The van der Waals surface area contributed by atoms with Gasteiger partial charge in [-0.3, -0.25) is 14.9 Å². The number of benzene rings is 4. The van der Waals surface area contributed by atoms with Gasteiger partial charge in [-0.25, -0.2) is 13.2 Å². The molecule has 0 spiro atoms. The fourth-order valence-electron chi connectivity index (χ4n) is 4.71. The minimum atomic E-state index is -4.12. The lowest BCUT2D eigenvalue weighted by molar-refractivity contribution is -0.387. The lowest BCUT2D eigenvalue weighted by atomic mass is 10.00. The summed E-state index contributed by atoms with van der Waals surface area (Å²) in [7, 11) is -2.83. The third-order valence-corrected chi connectivity index (χ3v) is 9.05. The molecule has 45 heavy (non-hydrogen) atoms. The summed E-state index contributed by atoms with van der Waals surface area (Å²) in [5.74, 6) is -0.212. The summed E-state index contributed by atoms with van der Waals surface area (Å²) >= 11 is 0. The number of sulfonamides is 1. The number of likely N-dealkylation sites (N-methyl/N-ethyl adjacent to an activating group) is 1. The third-order valence-electron chi connectivity index (χ3n) is 7.03. The van der Waals surface area contributed by atoms with Gasteiger partial charge in [0.05, 0.1) is 12.0 Å². The Kier molecular flexibility index (Phi) is 11.0. The van der Waals surface area contributed by atoms with Crippen molar-refractivity contribution in [2.24, 2.45) is 0 Å². The van der Waals surface area contributed by atoms with Gasteiger partial charge in [0, 0.05) is 42.4 Å². The van der Waals surface area contributed by atoms with Crippen molar-refractivity contribution < 1.29 is 32.4 Å². The molecule has 0 aliphatic carbocycles. The molecule has 0 heterocycles. The van der Waals surface area contributed by atoms with Crippen LogP contribution in [-0.4, -0.2) is 62.2 Å². The molecule has 0 amide bonds. The maximum atomic E-state index is 13.2. The largest absolute Gasteiger partial charge is 0.492 e. The van der Waals surface area contributed by atoms with Crippen molar-refractivity contribution in [2.75, 3.05) is 32.1 Å². The smallest absolute Gasteiger partial charge is 0.328 e. The third kappa shape index (κ3) is 8.11. The Morgan fingerprint density at radius 2 is 1.56 bits per heavy atom. The highest BCUT2D eigenvalue weighted by Gasteiger charge is 2.30. The number of rotatable bonds is 15. The van der Waals surface area contributed by atoms with Crippen LogP contribution in [0, 0.1) is 10.1 Å². The Bertz CT molecular complexity index is 1750. The van der Waals surface area contributed by atoms with Crippen molar-refractivity contribution in [1.82, 2.24) is 4.31 Å². The van der Waals surface area contributed by atoms with Crippen LogP contribution in [0.5, 0.6) is 5.75 Å². The zero-order valence-corrected chi connectivity index (χ0v) is 25.6. The van der Waals surface area contributed by atoms with Crippen molar-refractivity contribution in [1.29, 1.82) is 0 Å². The van der Waals surface area contributed by atoms with E-state index in [9.17, 15) is 28.1 Å². The van der Waals surface area contributed by atoms with Crippen molar-refractivity contribution >= 4 is 33.2 Å². The molecule has 0 saturated heterocycles. The molecule has 4 rings (SSSR count). The highest BCUT2D eigenvalue weighted by atomic mass is 32.2. The second kappa shape index (κ2) is 15.1. The molecule has 4 aromatic carbocycles. The highest BCUT2D eigenvalue weighted by molar-refractivity contribution is 7.89. The number of nitro benzene ring substituents is 1. The molecule has 234 valence electrons. The molecule has 4 aromatic rings. The summed E-state index contributed by atoms with van der Waals surface area (Å²) < 4.78 is 38.2. The minimum absolute atomic E-state index is 0.00557. The van der Waals surface area contributed by atoms with E-state index in [1.165, 1.54) is 25.3 Å². The van der Waals surface area contributed by atoms with Gasteiger partial charge in [0.2, 0.25) is 10.0 Å². The lowest BCUT2D eigenvalue weighted by Gasteiger charge is -2.21. The van der Waals surface area contributed by atoms with Crippen LogP contribution in [0.2, 0.25) is 0 Å². The first-order valence-corrected chi connectivity index (χ1v) is 15.6. The van der Waals surface area contributed by atoms with Crippen molar-refractivity contribution in [2.45, 2.75) is 24.3 Å². The summed E-state index contributed by atoms with van der Waals surface area (Å²) in [6, 6.07) is 27.2. The van der Waals surface area contributed by atoms with Crippen molar-refractivity contribution in [3.8, 4) is 5.75 Å². The van der Waals surface area contributed by atoms with Crippen LogP contribution in [0.1, 0.15) is 28.4 Å². The zero-order chi connectivity index (χ0) is 32.4. The molecule has 0 radical (unpaired) electrons. The molecule has 0 aliphatic heterocycles. The van der Waals surface area contributed by atoms with Gasteiger partial charge in [0.25, 0.3) is 5.69 Å². The van der Waals surface area contributed by atoms with Gasteiger partial charge in [0.15, 0.2) is 10.7 Å². The van der Waals surface area contributed by atoms with E-state index in [1.54, 1.807) is 79.7 Å². The molecule has 0 saturated carbocycles. The van der Waals surface area contributed by atoms with E-state index in [-0.39, 0.29) is 36.8 Å². The van der Waals surface area contributed by atoms with E-state index in [0.29, 0.717) is 22.6 Å². The molecular weight excluding hydrogens is 598 g/mol. The number of methoxy groups -OCH3 is 1. The Balaban J connectivity index is 1.41. The van der Waals surface area contributed by atoms with Crippen LogP contribution in [0.15, 0.2) is 108 Å². The zero-order valence-electron chi connectivity index (χ0n) is 24.8. The van der Waals surface area contributed by atoms with Crippen LogP contribution in [0.3, 0.4) is 0 Å². The van der Waals surface area contributed by atoms with Gasteiger partial charge in [0.1, 0.15) is 18.4 Å². The van der Waals surface area contributed by atoms with Crippen molar-refractivity contribution in [3.63, 3.8) is 0 Å². The molecule has 1 unspecified atom stereocenters.